The Kier molecular flexibility index (Phi) is 6.39. The van der Waals surface area contributed by atoms with Crippen LogP contribution in [0.2, 0.25) is 0 Å². The van der Waals surface area contributed by atoms with E-state index in [0.29, 0.717) is 41.7 Å². The molecule has 5 nitrogen and oxygen atoms in total. The highest BCUT2D eigenvalue weighted by Gasteiger charge is 2.38. The molecular weight excluding hydrogens is 534 g/mol. The van der Waals surface area contributed by atoms with Gasteiger partial charge in [0, 0.05) is 29.6 Å². The molecule has 3 aromatic carbocycles. The van der Waals surface area contributed by atoms with Crippen LogP contribution in [-0.2, 0) is 6.54 Å². The van der Waals surface area contributed by atoms with Crippen LogP contribution in [0.25, 0.3) is 22.0 Å². The zero-order chi connectivity index (χ0) is 28.3. The lowest BCUT2D eigenvalue weighted by Gasteiger charge is -2.24. The van der Waals surface area contributed by atoms with E-state index in [-0.39, 0.29) is 5.56 Å². The molecule has 11 heteroatoms. The van der Waals surface area contributed by atoms with Crippen LogP contribution in [0.15, 0.2) is 36.4 Å². The molecule has 0 saturated heterocycles. The molecule has 206 valence electrons. The molecule has 2 aliphatic rings. The van der Waals surface area contributed by atoms with Gasteiger partial charge in [0.25, 0.3) is 5.91 Å². The Balaban J connectivity index is 1.35. The predicted molar refractivity (Wildman–Crippen MR) is 135 cm³/mol. The second kappa shape index (κ2) is 9.79. The molecule has 40 heavy (non-hydrogen) atoms. The number of carbonyl (C=O) groups is 1. The Labute approximate surface area is 224 Å². The SMILES string of the molecule is Cc1nc(NC2CC2)c2cc(-c3ccc(F)c(CN(C(=O)c4c(F)c(F)c(F)c(F)c4F)C4CC4)c3)ccc2n1. The summed E-state index contributed by atoms with van der Waals surface area (Å²) in [7, 11) is 0. The third kappa shape index (κ3) is 4.73. The van der Waals surface area contributed by atoms with Crippen molar-refractivity contribution in [3.63, 3.8) is 0 Å². The number of hydrogen-bond acceptors (Lipinski definition) is 4. The van der Waals surface area contributed by atoms with Crippen LogP contribution in [0.1, 0.15) is 47.4 Å². The molecule has 0 bridgehead atoms. The first kappa shape index (κ1) is 26.1. The van der Waals surface area contributed by atoms with E-state index in [2.05, 4.69) is 15.3 Å². The first-order chi connectivity index (χ1) is 19.1. The van der Waals surface area contributed by atoms with Gasteiger partial charge in [0.1, 0.15) is 23.0 Å². The largest absolute Gasteiger partial charge is 0.367 e. The van der Waals surface area contributed by atoms with Gasteiger partial charge in [0.05, 0.1) is 5.52 Å². The van der Waals surface area contributed by atoms with Gasteiger partial charge in [0.15, 0.2) is 23.3 Å². The molecule has 6 rings (SSSR count). The minimum atomic E-state index is -2.35. The molecule has 2 fully saturated rings. The van der Waals surface area contributed by atoms with Gasteiger partial charge in [-0.25, -0.2) is 36.3 Å². The third-order valence-corrected chi connectivity index (χ3v) is 7.12. The van der Waals surface area contributed by atoms with Crippen LogP contribution in [-0.4, -0.2) is 32.9 Å². The van der Waals surface area contributed by atoms with E-state index in [9.17, 15) is 31.1 Å². The second-order valence-corrected chi connectivity index (χ2v) is 10.2. The number of carbonyl (C=O) groups excluding carboxylic acids is 1. The van der Waals surface area contributed by atoms with Crippen molar-refractivity contribution in [1.29, 1.82) is 0 Å². The van der Waals surface area contributed by atoms with Gasteiger partial charge in [-0.05, 0) is 68.0 Å². The van der Waals surface area contributed by atoms with Gasteiger partial charge in [-0.1, -0.05) is 12.1 Å². The summed E-state index contributed by atoms with van der Waals surface area (Å²) in [5, 5.41) is 4.18. The van der Waals surface area contributed by atoms with E-state index in [0.717, 1.165) is 28.6 Å². The summed E-state index contributed by atoms with van der Waals surface area (Å²) in [4.78, 5) is 23.1. The van der Waals surface area contributed by atoms with Gasteiger partial charge >= 0.3 is 0 Å². The molecule has 0 unspecified atom stereocenters. The Morgan fingerprint density at radius 1 is 0.850 bits per heavy atom. The summed E-state index contributed by atoms with van der Waals surface area (Å²) in [6.45, 7) is 1.38. The molecule has 1 heterocycles. The quantitative estimate of drug-likeness (QED) is 0.154. The molecule has 1 aromatic heterocycles. The molecule has 4 aromatic rings. The highest BCUT2D eigenvalue weighted by molar-refractivity contribution is 5.95. The topological polar surface area (TPSA) is 58.1 Å². The Bertz CT molecular complexity index is 1660. The number of benzene rings is 3. The summed E-state index contributed by atoms with van der Waals surface area (Å²) < 4.78 is 84.9. The van der Waals surface area contributed by atoms with Crippen molar-refractivity contribution in [1.82, 2.24) is 14.9 Å². The van der Waals surface area contributed by atoms with Crippen molar-refractivity contribution in [3.05, 3.63) is 88.3 Å². The van der Waals surface area contributed by atoms with E-state index in [1.165, 1.54) is 12.1 Å². The standard InChI is InChI=1S/C29H22F6N4O/c1-13-36-21-9-3-15(11-19(21)28(37-13)38-17-4-5-17)14-2-8-20(30)16(10-14)12-39(18-6-7-18)29(40)22-23(31)25(33)27(35)26(34)24(22)32/h2-3,8-11,17-18H,4-7,12H2,1H3,(H,36,37,38). The Hall–Kier alpha value is -4.15. The highest BCUT2D eigenvalue weighted by atomic mass is 19.2. The summed E-state index contributed by atoms with van der Waals surface area (Å²) >= 11 is 0. The van der Waals surface area contributed by atoms with Crippen LogP contribution >= 0.6 is 0 Å². The summed E-state index contributed by atoms with van der Waals surface area (Å²) in [6.07, 6.45) is 2.99. The van der Waals surface area contributed by atoms with E-state index in [1.54, 1.807) is 13.0 Å². The fourth-order valence-electron chi connectivity index (χ4n) is 4.70. The fourth-order valence-corrected chi connectivity index (χ4v) is 4.70. The molecule has 1 N–H and O–H groups in total. The molecule has 2 saturated carbocycles. The number of anilines is 1. The van der Waals surface area contributed by atoms with Crippen molar-refractivity contribution in [3.8, 4) is 11.1 Å². The Morgan fingerprint density at radius 3 is 2.12 bits per heavy atom. The zero-order valence-corrected chi connectivity index (χ0v) is 21.2. The van der Waals surface area contributed by atoms with Crippen LogP contribution in [0.3, 0.4) is 0 Å². The number of halogens is 6. The molecule has 1 amide bonds. The minimum absolute atomic E-state index is 0.0261. The van der Waals surface area contributed by atoms with Crippen molar-refractivity contribution in [2.45, 2.75) is 51.2 Å². The molecule has 0 atom stereocenters. The van der Waals surface area contributed by atoms with Crippen molar-refractivity contribution in [2.75, 3.05) is 5.32 Å². The number of aryl methyl sites for hydroxylation is 1. The van der Waals surface area contributed by atoms with Gasteiger partial charge in [-0.2, -0.15) is 0 Å². The lowest BCUT2D eigenvalue weighted by atomic mass is 10.0. The number of hydrogen-bond donors (Lipinski definition) is 1. The number of rotatable bonds is 7. The fraction of sp³-hybridized carbons (Fsp3) is 0.276. The van der Waals surface area contributed by atoms with E-state index >= 15 is 0 Å². The number of amides is 1. The van der Waals surface area contributed by atoms with E-state index in [4.69, 9.17) is 0 Å². The van der Waals surface area contributed by atoms with Crippen LogP contribution in [0, 0.1) is 41.8 Å². The minimum Gasteiger partial charge on any atom is -0.367 e. The van der Waals surface area contributed by atoms with Gasteiger partial charge in [-0.3, -0.25) is 4.79 Å². The second-order valence-electron chi connectivity index (χ2n) is 10.2. The number of aromatic nitrogens is 2. The first-order valence-corrected chi connectivity index (χ1v) is 12.8. The lowest BCUT2D eigenvalue weighted by Crippen LogP contribution is -2.35. The molecule has 0 spiro atoms. The van der Waals surface area contributed by atoms with E-state index < -0.39 is 59.0 Å². The zero-order valence-electron chi connectivity index (χ0n) is 21.2. The highest BCUT2D eigenvalue weighted by Crippen LogP contribution is 2.35. The summed E-state index contributed by atoms with van der Waals surface area (Å²) in [6, 6.07) is 9.59. The van der Waals surface area contributed by atoms with Crippen molar-refractivity contribution >= 4 is 22.6 Å². The predicted octanol–water partition coefficient (Wildman–Crippen LogP) is 6.82. The van der Waals surface area contributed by atoms with Crippen molar-refractivity contribution < 1.29 is 31.1 Å². The van der Waals surface area contributed by atoms with Gasteiger partial charge < -0.3 is 10.2 Å². The maximum atomic E-state index is 15.0. The lowest BCUT2D eigenvalue weighted by molar-refractivity contribution is 0.0714. The average molecular weight is 557 g/mol. The first-order valence-electron chi connectivity index (χ1n) is 12.8. The van der Waals surface area contributed by atoms with Gasteiger partial charge in [0.2, 0.25) is 5.82 Å². The normalized spacial score (nSPS) is 15.0. The molecule has 0 aliphatic heterocycles. The number of nitrogens with one attached hydrogen (secondary N) is 1. The molecule has 0 radical (unpaired) electrons. The Morgan fingerprint density at radius 2 is 1.48 bits per heavy atom. The van der Waals surface area contributed by atoms with Crippen LogP contribution in [0.4, 0.5) is 32.2 Å². The molecular formula is C29H22F6N4O. The number of nitrogens with zero attached hydrogens (tertiary/aromatic N) is 3. The maximum absolute atomic E-state index is 15.0. The maximum Gasteiger partial charge on any atom is 0.260 e. The average Bonchev–Trinajstić information content (AvgIpc) is 3.86. The third-order valence-electron chi connectivity index (χ3n) is 7.12. The van der Waals surface area contributed by atoms with Gasteiger partial charge in [-0.15, -0.1) is 0 Å². The summed E-state index contributed by atoms with van der Waals surface area (Å²) in [5.74, 6) is -12.0. The smallest absolute Gasteiger partial charge is 0.260 e. The summed E-state index contributed by atoms with van der Waals surface area (Å²) in [5.41, 5.74) is 0.508. The van der Waals surface area contributed by atoms with Crippen LogP contribution in [0.5, 0.6) is 0 Å². The molecule has 2 aliphatic carbocycles. The number of fused-ring (bicyclic) bond motifs is 1. The monoisotopic (exact) mass is 556 g/mol. The van der Waals surface area contributed by atoms with E-state index in [1.807, 2.05) is 18.2 Å². The van der Waals surface area contributed by atoms with Crippen molar-refractivity contribution in [2.24, 2.45) is 0 Å². The van der Waals surface area contributed by atoms with Crippen LogP contribution < -0.4 is 5.32 Å².